The Labute approximate surface area is 187 Å². The van der Waals surface area contributed by atoms with Gasteiger partial charge in [-0.05, 0) is 51.2 Å². The third-order valence-electron chi connectivity index (χ3n) is 7.05. The molecule has 5 heterocycles. The number of hydrazine groups is 1. The van der Waals surface area contributed by atoms with Crippen molar-refractivity contribution < 1.29 is 4.39 Å². The zero-order valence-electron chi connectivity index (χ0n) is 18.4. The Morgan fingerprint density at radius 3 is 2.72 bits per heavy atom. The molecule has 5 rings (SSSR count). The Bertz CT molecular complexity index is 993. The molecule has 3 aliphatic rings. The summed E-state index contributed by atoms with van der Waals surface area (Å²) in [6.45, 7) is 2.93. The summed E-state index contributed by atoms with van der Waals surface area (Å²) >= 11 is 0. The summed E-state index contributed by atoms with van der Waals surface area (Å²) in [6, 6.07) is 7.55. The molecule has 8 nitrogen and oxygen atoms in total. The summed E-state index contributed by atoms with van der Waals surface area (Å²) in [5.41, 5.74) is 6.62. The van der Waals surface area contributed by atoms with E-state index in [-0.39, 0.29) is 18.0 Å². The van der Waals surface area contributed by atoms with E-state index in [1.807, 2.05) is 12.1 Å². The van der Waals surface area contributed by atoms with Gasteiger partial charge in [0.05, 0.1) is 12.2 Å². The van der Waals surface area contributed by atoms with E-state index in [0.29, 0.717) is 41.3 Å². The van der Waals surface area contributed by atoms with Crippen LogP contribution >= 0.6 is 0 Å². The predicted molar refractivity (Wildman–Crippen MR) is 122 cm³/mol. The van der Waals surface area contributed by atoms with E-state index in [2.05, 4.69) is 49.3 Å². The van der Waals surface area contributed by atoms with Gasteiger partial charge in [0.1, 0.15) is 11.3 Å². The molecule has 9 heteroatoms. The molecule has 0 aliphatic carbocycles. The van der Waals surface area contributed by atoms with E-state index in [4.69, 9.17) is 5.26 Å². The molecule has 2 bridgehead atoms. The van der Waals surface area contributed by atoms with Gasteiger partial charge in [0, 0.05) is 48.7 Å². The van der Waals surface area contributed by atoms with Gasteiger partial charge in [0.25, 0.3) is 0 Å². The predicted octanol–water partition coefficient (Wildman–Crippen LogP) is 3.10. The largest absolute Gasteiger partial charge is 0.367 e. The maximum Gasteiger partial charge on any atom is 0.191 e. The molecule has 0 saturated carbocycles. The summed E-state index contributed by atoms with van der Waals surface area (Å²) in [6.07, 6.45) is 8.55. The zero-order chi connectivity index (χ0) is 22.1. The van der Waals surface area contributed by atoms with Crippen LogP contribution < -0.4 is 21.5 Å². The van der Waals surface area contributed by atoms with Crippen LogP contribution in [-0.4, -0.2) is 51.7 Å². The minimum Gasteiger partial charge on any atom is -0.367 e. The summed E-state index contributed by atoms with van der Waals surface area (Å²) in [5, 5.41) is 16.6. The lowest BCUT2D eigenvalue weighted by molar-refractivity contribution is 0.0370. The van der Waals surface area contributed by atoms with Gasteiger partial charge in [-0.25, -0.2) is 14.8 Å². The van der Waals surface area contributed by atoms with Crippen molar-refractivity contribution in [2.75, 3.05) is 17.2 Å². The topological polar surface area (TPSA) is 101 Å². The zero-order valence-corrected chi connectivity index (χ0v) is 18.4. The Morgan fingerprint density at radius 2 is 2.00 bits per heavy atom. The lowest BCUT2D eigenvalue weighted by Gasteiger charge is -2.49. The van der Waals surface area contributed by atoms with Crippen LogP contribution in [0.5, 0.6) is 0 Å². The van der Waals surface area contributed by atoms with Crippen molar-refractivity contribution in [3.8, 4) is 6.07 Å². The van der Waals surface area contributed by atoms with Gasteiger partial charge < -0.3 is 10.6 Å². The highest BCUT2D eigenvalue weighted by molar-refractivity contribution is 5.91. The Kier molecular flexibility index (Phi) is 6.09. The summed E-state index contributed by atoms with van der Waals surface area (Å²) in [4.78, 5) is 11.5. The molecular formula is C23H31FN8. The minimum absolute atomic E-state index is 0.0938. The average molecular weight is 439 g/mol. The van der Waals surface area contributed by atoms with Crippen molar-refractivity contribution in [3.05, 3.63) is 24.1 Å². The van der Waals surface area contributed by atoms with E-state index in [9.17, 15) is 0 Å². The second-order valence-electron chi connectivity index (χ2n) is 9.34. The van der Waals surface area contributed by atoms with Crippen LogP contribution in [0.1, 0.15) is 51.9 Å². The van der Waals surface area contributed by atoms with Crippen LogP contribution in [0.4, 0.5) is 16.0 Å². The number of halogens is 1. The molecule has 5 atom stereocenters. The van der Waals surface area contributed by atoms with Gasteiger partial charge in [-0.1, -0.05) is 6.42 Å². The molecule has 32 heavy (non-hydrogen) atoms. The van der Waals surface area contributed by atoms with Gasteiger partial charge in [-0.2, -0.15) is 5.26 Å². The van der Waals surface area contributed by atoms with Gasteiger partial charge in [0.2, 0.25) is 0 Å². The number of fused-ring (bicyclic) bond motifs is 3. The number of rotatable bonds is 6. The lowest BCUT2D eigenvalue weighted by atomic mass is 9.81. The number of hydrogen-bond donors (Lipinski definition) is 4. The maximum absolute atomic E-state index is 15.2. The van der Waals surface area contributed by atoms with Crippen LogP contribution in [-0.2, 0) is 0 Å². The highest BCUT2D eigenvalue weighted by Gasteiger charge is 2.38. The number of pyridine rings is 2. The van der Waals surface area contributed by atoms with Gasteiger partial charge in [-0.3, -0.25) is 15.3 Å². The maximum atomic E-state index is 15.2. The van der Waals surface area contributed by atoms with Crippen molar-refractivity contribution in [1.29, 1.82) is 5.26 Å². The van der Waals surface area contributed by atoms with Crippen molar-refractivity contribution in [2.45, 2.75) is 82.2 Å². The first-order valence-corrected chi connectivity index (χ1v) is 11.7. The monoisotopic (exact) mass is 438 g/mol. The standard InChI is InChI=1S/C23H31FN8/c1-14-11-19(31-30-14)28-23-20(24)21-18(7-3-9-26-21)22(29-23)27-15-12-16-5-2-6-17(13-15)32(16)10-4-8-25/h3,7,9,14-17,19,30-31H,2,4-6,10-13H2,1H3,(H2,27,28,29)/t14?,15?,16-,17+,19?. The van der Waals surface area contributed by atoms with E-state index in [0.717, 1.165) is 25.8 Å². The fraction of sp³-hybridized carbons (Fsp3) is 0.609. The van der Waals surface area contributed by atoms with Crippen molar-refractivity contribution in [3.63, 3.8) is 0 Å². The van der Waals surface area contributed by atoms with Gasteiger partial charge in [-0.15, -0.1) is 0 Å². The molecule has 3 aliphatic heterocycles. The van der Waals surface area contributed by atoms with E-state index in [1.54, 1.807) is 6.20 Å². The van der Waals surface area contributed by atoms with Crippen molar-refractivity contribution in [1.82, 2.24) is 25.7 Å². The molecule has 0 aromatic carbocycles. The first-order chi connectivity index (χ1) is 15.6. The molecule has 170 valence electrons. The first kappa shape index (κ1) is 21.3. The second-order valence-corrected chi connectivity index (χ2v) is 9.34. The number of nitriles is 1. The lowest BCUT2D eigenvalue weighted by Crippen LogP contribution is -2.55. The van der Waals surface area contributed by atoms with Crippen LogP contribution in [0.3, 0.4) is 0 Å². The number of anilines is 2. The molecule has 4 N–H and O–H groups in total. The number of nitrogens with one attached hydrogen (secondary N) is 4. The third kappa shape index (κ3) is 4.22. The van der Waals surface area contributed by atoms with Crippen LogP contribution in [0.25, 0.3) is 10.9 Å². The normalized spacial score (nSPS) is 30.2. The average Bonchev–Trinajstić information content (AvgIpc) is 3.20. The highest BCUT2D eigenvalue weighted by atomic mass is 19.1. The Balaban J connectivity index is 1.39. The fourth-order valence-electron chi connectivity index (χ4n) is 5.62. The van der Waals surface area contributed by atoms with Crippen LogP contribution in [0, 0.1) is 17.1 Å². The second kappa shape index (κ2) is 9.14. The fourth-order valence-corrected chi connectivity index (χ4v) is 5.62. The Morgan fingerprint density at radius 1 is 1.19 bits per heavy atom. The molecule has 3 fully saturated rings. The van der Waals surface area contributed by atoms with Crippen LogP contribution in [0.15, 0.2) is 18.3 Å². The number of nitrogens with zero attached hydrogens (tertiary/aromatic N) is 4. The molecule has 3 saturated heterocycles. The molecule has 0 amide bonds. The summed E-state index contributed by atoms with van der Waals surface area (Å²) in [7, 11) is 0. The molecular weight excluding hydrogens is 407 g/mol. The molecule has 0 radical (unpaired) electrons. The molecule has 3 unspecified atom stereocenters. The summed E-state index contributed by atoms with van der Waals surface area (Å²) < 4.78 is 15.2. The molecule has 2 aromatic heterocycles. The van der Waals surface area contributed by atoms with Gasteiger partial charge >= 0.3 is 0 Å². The summed E-state index contributed by atoms with van der Waals surface area (Å²) in [5.74, 6) is 0.485. The van der Waals surface area contributed by atoms with E-state index < -0.39 is 5.82 Å². The quantitative estimate of drug-likeness (QED) is 0.546. The minimum atomic E-state index is -0.421. The number of hydrogen-bond acceptors (Lipinski definition) is 8. The van der Waals surface area contributed by atoms with E-state index >= 15 is 4.39 Å². The number of piperidine rings is 2. The van der Waals surface area contributed by atoms with Gasteiger partial charge in [0.15, 0.2) is 11.6 Å². The smallest absolute Gasteiger partial charge is 0.191 e. The van der Waals surface area contributed by atoms with Crippen molar-refractivity contribution in [2.24, 2.45) is 0 Å². The van der Waals surface area contributed by atoms with E-state index in [1.165, 1.54) is 19.3 Å². The number of aromatic nitrogens is 2. The van der Waals surface area contributed by atoms with Crippen LogP contribution in [0.2, 0.25) is 0 Å². The third-order valence-corrected chi connectivity index (χ3v) is 7.05. The molecule has 2 aromatic rings. The highest BCUT2D eigenvalue weighted by Crippen LogP contribution is 2.36. The SMILES string of the molecule is CC1CC(Nc2nc(NC3C[C@H]4CCC[C@@H](C3)N4CCC#N)c3cccnc3c2F)NN1. The Hall–Kier alpha value is -2.54. The van der Waals surface area contributed by atoms with Crippen molar-refractivity contribution >= 4 is 22.5 Å². The molecule has 0 spiro atoms. The first-order valence-electron chi connectivity index (χ1n) is 11.7.